The Morgan fingerprint density at radius 3 is 2.86 bits per heavy atom. The van der Waals surface area contributed by atoms with Gasteiger partial charge in [-0.25, -0.2) is 17.7 Å². The van der Waals surface area contributed by atoms with E-state index in [4.69, 9.17) is 0 Å². The van der Waals surface area contributed by atoms with E-state index in [0.29, 0.717) is 23.3 Å². The number of sulfonamides is 1. The lowest BCUT2D eigenvalue weighted by Crippen LogP contribution is -2.29. The van der Waals surface area contributed by atoms with E-state index in [0.717, 1.165) is 0 Å². The van der Waals surface area contributed by atoms with Crippen LogP contribution >= 0.6 is 27.3 Å². The van der Waals surface area contributed by atoms with Crippen molar-refractivity contribution >= 4 is 43.1 Å². The highest BCUT2D eigenvalue weighted by Gasteiger charge is 2.24. The van der Waals surface area contributed by atoms with Crippen LogP contribution < -0.4 is 5.32 Å². The maximum absolute atomic E-state index is 12.7. The van der Waals surface area contributed by atoms with Crippen molar-refractivity contribution in [3.63, 3.8) is 0 Å². The molecule has 2 rings (SSSR count). The number of likely N-dealkylation sites (N-methyl/N-ethyl adjacent to an activating group) is 1. The van der Waals surface area contributed by atoms with Crippen LogP contribution in [-0.2, 0) is 16.4 Å². The fourth-order valence-corrected chi connectivity index (χ4v) is 4.34. The van der Waals surface area contributed by atoms with Crippen molar-refractivity contribution in [1.82, 2.24) is 9.29 Å². The molecule has 0 saturated carbocycles. The molecule has 0 aliphatic carbocycles. The highest BCUT2D eigenvalue weighted by Crippen LogP contribution is 2.25. The molecule has 8 heteroatoms. The van der Waals surface area contributed by atoms with E-state index in [9.17, 15) is 8.42 Å². The quantitative estimate of drug-likeness (QED) is 0.824. The minimum atomic E-state index is -3.57. The van der Waals surface area contributed by atoms with Crippen molar-refractivity contribution in [3.05, 3.63) is 39.1 Å². The van der Waals surface area contributed by atoms with Crippen molar-refractivity contribution < 1.29 is 8.42 Å². The summed E-state index contributed by atoms with van der Waals surface area (Å²) in [6, 6.07) is 5.53. The Kier molecular flexibility index (Phi) is 5.37. The molecular weight excluding hydrogens is 374 g/mol. The summed E-state index contributed by atoms with van der Waals surface area (Å²) in [5, 5.41) is 4.80. The first-order chi connectivity index (χ1) is 9.95. The molecule has 0 aliphatic rings. The molecule has 0 bridgehead atoms. The number of anilines is 1. The van der Waals surface area contributed by atoms with Crippen LogP contribution in [0.3, 0.4) is 0 Å². The van der Waals surface area contributed by atoms with Gasteiger partial charge in [0, 0.05) is 36.2 Å². The van der Waals surface area contributed by atoms with Gasteiger partial charge in [0.1, 0.15) is 10.7 Å². The van der Waals surface area contributed by atoms with Gasteiger partial charge in [-0.05, 0) is 39.9 Å². The molecule has 0 spiro atoms. The lowest BCUT2D eigenvalue weighted by atomic mass is 10.3. The Hall–Kier alpha value is -0.960. The van der Waals surface area contributed by atoms with Gasteiger partial charge in [0.15, 0.2) is 0 Å². The second-order valence-corrected chi connectivity index (χ2v) is 8.37. The van der Waals surface area contributed by atoms with Gasteiger partial charge < -0.3 is 5.32 Å². The summed E-state index contributed by atoms with van der Waals surface area (Å²) < 4.78 is 27.3. The van der Waals surface area contributed by atoms with Crippen molar-refractivity contribution in [2.75, 3.05) is 26.0 Å². The molecule has 114 valence electrons. The molecule has 0 radical (unpaired) electrons. The van der Waals surface area contributed by atoms with Gasteiger partial charge in [-0.2, -0.15) is 0 Å². The molecule has 2 aromatic heterocycles. The van der Waals surface area contributed by atoms with Gasteiger partial charge in [-0.1, -0.05) is 6.07 Å². The first-order valence-corrected chi connectivity index (χ1v) is 9.38. The molecule has 0 saturated heterocycles. The highest BCUT2D eigenvalue weighted by atomic mass is 79.9. The summed E-state index contributed by atoms with van der Waals surface area (Å²) in [6.45, 7) is 0.429. The Bertz CT molecular complexity index is 702. The summed E-state index contributed by atoms with van der Waals surface area (Å²) in [4.78, 5) is 5.43. The van der Waals surface area contributed by atoms with Crippen molar-refractivity contribution in [2.45, 2.75) is 11.3 Å². The highest BCUT2D eigenvalue weighted by molar-refractivity contribution is 9.10. The van der Waals surface area contributed by atoms with Crippen molar-refractivity contribution in [3.8, 4) is 0 Å². The summed E-state index contributed by atoms with van der Waals surface area (Å²) in [5.74, 6) is 0.348. The zero-order valence-electron chi connectivity index (χ0n) is 11.7. The number of rotatable bonds is 6. The average molecular weight is 390 g/mol. The van der Waals surface area contributed by atoms with Crippen LogP contribution in [0.1, 0.15) is 4.88 Å². The van der Waals surface area contributed by atoms with Crippen LogP contribution in [0.15, 0.2) is 39.1 Å². The van der Waals surface area contributed by atoms with Crippen LogP contribution in [0.5, 0.6) is 0 Å². The van der Waals surface area contributed by atoms with Gasteiger partial charge in [-0.3, -0.25) is 0 Å². The third-order valence-corrected chi connectivity index (χ3v) is 6.24. The molecule has 0 unspecified atom stereocenters. The molecule has 0 amide bonds. The molecule has 0 aliphatic heterocycles. The Labute approximate surface area is 137 Å². The van der Waals surface area contributed by atoms with Gasteiger partial charge in [-0.15, -0.1) is 11.3 Å². The van der Waals surface area contributed by atoms with E-state index in [1.54, 1.807) is 37.7 Å². The monoisotopic (exact) mass is 389 g/mol. The van der Waals surface area contributed by atoms with Gasteiger partial charge in [0.05, 0.1) is 0 Å². The first-order valence-electron chi connectivity index (χ1n) is 6.27. The summed E-state index contributed by atoms with van der Waals surface area (Å²) in [5.41, 5.74) is 0. The predicted octanol–water partition coefficient (Wildman–Crippen LogP) is 2.81. The molecule has 1 N–H and O–H groups in total. The number of nitrogens with one attached hydrogen (secondary N) is 1. The smallest absolute Gasteiger partial charge is 0.246 e. The molecule has 5 nitrogen and oxygen atoms in total. The molecular formula is C13H16BrN3O2S2. The number of pyridine rings is 1. The Morgan fingerprint density at radius 2 is 2.24 bits per heavy atom. The van der Waals surface area contributed by atoms with E-state index in [1.165, 1.54) is 9.18 Å². The van der Waals surface area contributed by atoms with E-state index in [1.807, 2.05) is 17.5 Å². The topological polar surface area (TPSA) is 62.3 Å². The summed E-state index contributed by atoms with van der Waals surface area (Å²) in [6.07, 6.45) is 2.26. The average Bonchev–Trinajstić information content (AvgIpc) is 2.97. The van der Waals surface area contributed by atoms with Crippen molar-refractivity contribution in [1.29, 1.82) is 0 Å². The number of hydrogen-bond donors (Lipinski definition) is 1. The van der Waals surface area contributed by atoms with Crippen LogP contribution in [-0.4, -0.2) is 38.3 Å². The van der Waals surface area contributed by atoms with Crippen LogP contribution in [0.2, 0.25) is 0 Å². The second-order valence-electron chi connectivity index (χ2n) is 4.41. The number of hydrogen-bond acceptors (Lipinski definition) is 5. The van der Waals surface area contributed by atoms with Gasteiger partial charge in [0.2, 0.25) is 10.0 Å². The molecule has 0 aromatic carbocycles. The zero-order chi connectivity index (χ0) is 15.5. The minimum absolute atomic E-state index is 0.174. The molecule has 2 heterocycles. The van der Waals surface area contributed by atoms with Crippen LogP contribution in [0, 0.1) is 0 Å². The lowest BCUT2D eigenvalue weighted by Gasteiger charge is -2.18. The number of nitrogens with zero attached hydrogens (tertiary/aromatic N) is 2. The SMILES string of the molecule is CNc1ncc(Br)cc1S(=O)(=O)N(C)CCc1cccs1. The fourth-order valence-electron chi connectivity index (χ4n) is 1.82. The molecule has 2 aromatic rings. The normalized spacial score (nSPS) is 11.8. The van der Waals surface area contributed by atoms with Crippen LogP contribution in [0.4, 0.5) is 5.82 Å². The van der Waals surface area contributed by atoms with Gasteiger partial charge in [0.25, 0.3) is 0 Å². The largest absolute Gasteiger partial charge is 0.372 e. The Morgan fingerprint density at radius 1 is 1.48 bits per heavy atom. The maximum Gasteiger partial charge on any atom is 0.246 e. The third-order valence-electron chi connectivity index (χ3n) is 3.00. The first kappa shape index (κ1) is 16.4. The van der Waals surface area contributed by atoms with Crippen LogP contribution in [0.25, 0.3) is 0 Å². The van der Waals surface area contributed by atoms with Gasteiger partial charge >= 0.3 is 0 Å². The number of aromatic nitrogens is 1. The molecule has 21 heavy (non-hydrogen) atoms. The van der Waals surface area contributed by atoms with Crippen molar-refractivity contribution in [2.24, 2.45) is 0 Å². The maximum atomic E-state index is 12.7. The van der Waals surface area contributed by atoms with E-state index < -0.39 is 10.0 Å². The number of thiophene rings is 1. The van der Waals surface area contributed by atoms with E-state index in [-0.39, 0.29) is 4.90 Å². The van der Waals surface area contributed by atoms with E-state index >= 15 is 0 Å². The number of halogens is 1. The Balaban J connectivity index is 2.22. The predicted molar refractivity (Wildman–Crippen MR) is 89.3 cm³/mol. The van der Waals surface area contributed by atoms with E-state index in [2.05, 4.69) is 26.2 Å². The zero-order valence-corrected chi connectivity index (χ0v) is 14.9. The standard InChI is InChI=1S/C13H16BrN3O2S2/c1-15-13-12(8-10(14)9-16-13)21(18,19)17(2)6-5-11-4-3-7-20-11/h3-4,7-9H,5-6H2,1-2H3,(H,15,16). The summed E-state index contributed by atoms with van der Waals surface area (Å²) in [7, 11) is -0.334. The molecule has 0 atom stereocenters. The lowest BCUT2D eigenvalue weighted by molar-refractivity contribution is 0.473. The summed E-state index contributed by atoms with van der Waals surface area (Å²) >= 11 is 4.89. The fraction of sp³-hybridized carbons (Fsp3) is 0.308. The third kappa shape index (κ3) is 3.82. The molecule has 0 fully saturated rings. The second kappa shape index (κ2) is 6.87. The minimum Gasteiger partial charge on any atom is -0.372 e.